The quantitative estimate of drug-likeness (QED) is 0.831. The van der Waals surface area contributed by atoms with Crippen molar-refractivity contribution >= 4 is 11.8 Å². The van der Waals surface area contributed by atoms with Crippen molar-refractivity contribution in [2.24, 2.45) is 0 Å². The number of nitrogens with zero attached hydrogens (tertiary/aromatic N) is 1. The van der Waals surface area contributed by atoms with Crippen LogP contribution in [0.1, 0.15) is 63.5 Å². The van der Waals surface area contributed by atoms with Gasteiger partial charge in [-0.15, -0.1) is 0 Å². The van der Waals surface area contributed by atoms with Gasteiger partial charge in [-0.25, -0.2) is 0 Å². The second-order valence-electron chi connectivity index (χ2n) is 6.78. The average molecular weight is 330 g/mol. The summed E-state index contributed by atoms with van der Waals surface area (Å²) in [5.74, 6) is 0.0313. The van der Waals surface area contributed by atoms with Gasteiger partial charge in [0, 0.05) is 19.0 Å². The highest BCUT2D eigenvalue weighted by molar-refractivity contribution is 5.87. The van der Waals surface area contributed by atoms with Gasteiger partial charge in [0.05, 0.1) is 0 Å². The fourth-order valence-electron chi connectivity index (χ4n) is 3.50. The van der Waals surface area contributed by atoms with Crippen LogP contribution in [-0.2, 0) is 16.1 Å². The first kappa shape index (κ1) is 18.5. The molecule has 0 saturated heterocycles. The van der Waals surface area contributed by atoms with Gasteiger partial charge in [0.1, 0.15) is 6.04 Å². The van der Waals surface area contributed by atoms with E-state index in [4.69, 9.17) is 0 Å². The van der Waals surface area contributed by atoms with Gasteiger partial charge < -0.3 is 10.2 Å². The highest BCUT2D eigenvalue weighted by atomic mass is 16.2. The summed E-state index contributed by atoms with van der Waals surface area (Å²) >= 11 is 0. The number of nitrogens with one attached hydrogen (secondary N) is 1. The number of carbonyl (C=O) groups is 2. The zero-order valence-corrected chi connectivity index (χ0v) is 15.2. The molecule has 4 nitrogen and oxygen atoms in total. The van der Waals surface area contributed by atoms with E-state index in [1.807, 2.05) is 39.0 Å². The van der Waals surface area contributed by atoms with Crippen LogP contribution >= 0.6 is 0 Å². The van der Waals surface area contributed by atoms with Gasteiger partial charge in [0.25, 0.3) is 0 Å². The minimum atomic E-state index is -0.390. The molecule has 0 aromatic heterocycles. The maximum Gasteiger partial charge on any atom is 0.243 e. The van der Waals surface area contributed by atoms with Crippen molar-refractivity contribution in [2.45, 2.75) is 77.9 Å². The number of amides is 2. The first-order valence-corrected chi connectivity index (χ1v) is 9.20. The summed E-state index contributed by atoms with van der Waals surface area (Å²) < 4.78 is 0. The lowest BCUT2D eigenvalue weighted by Gasteiger charge is -2.31. The Balaban J connectivity index is 2.13. The molecule has 1 aromatic carbocycles. The van der Waals surface area contributed by atoms with Gasteiger partial charge >= 0.3 is 0 Å². The Morgan fingerprint density at radius 2 is 1.96 bits per heavy atom. The number of aryl methyl sites for hydroxylation is 1. The van der Waals surface area contributed by atoms with Crippen molar-refractivity contribution in [3.8, 4) is 0 Å². The third kappa shape index (κ3) is 4.83. The summed E-state index contributed by atoms with van der Waals surface area (Å²) in [5.41, 5.74) is 2.24. The van der Waals surface area contributed by atoms with E-state index in [0.717, 1.165) is 18.4 Å². The highest BCUT2D eigenvalue weighted by Crippen LogP contribution is 2.19. The van der Waals surface area contributed by atoms with E-state index in [0.29, 0.717) is 19.4 Å². The topological polar surface area (TPSA) is 49.4 Å². The largest absolute Gasteiger partial charge is 0.352 e. The standard InChI is InChI=1S/C20H30N2O2/c1-4-18(20(24)21-17-11-6-7-12-17)22(19(23)5-2)14-16-10-8-9-15(3)13-16/h8-10,13,17-18H,4-7,11-12,14H2,1-3H3,(H,21,24)/t18-/m1/s1. The average Bonchev–Trinajstić information content (AvgIpc) is 3.07. The van der Waals surface area contributed by atoms with E-state index >= 15 is 0 Å². The zero-order chi connectivity index (χ0) is 17.5. The summed E-state index contributed by atoms with van der Waals surface area (Å²) in [7, 11) is 0. The van der Waals surface area contributed by atoms with Crippen LogP contribution < -0.4 is 5.32 Å². The van der Waals surface area contributed by atoms with E-state index < -0.39 is 6.04 Å². The third-order valence-corrected chi connectivity index (χ3v) is 4.83. The molecule has 1 saturated carbocycles. The summed E-state index contributed by atoms with van der Waals surface area (Å²) in [6.45, 7) is 6.36. The Morgan fingerprint density at radius 3 is 2.54 bits per heavy atom. The molecule has 0 aliphatic heterocycles. The predicted molar refractivity (Wildman–Crippen MR) is 96.5 cm³/mol. The molecule has 0 unspecified atom stereocenters. The number of hydrogen-bond acceptors (Lipinski definition) is 2. The van der Waals surface area contributed by atoms with E-state index in [9.17, 15) is 9.59 Å². The van der Waals surface area contributed by atoms with E-state index in [2.05, 4.69) is 11.4 Å². The molecule has 4 heteroatoms. The summed E-state index contributed by atoms with van der Waals surface area (Å²) in [6, 6.07) is 8.03. The van der Waals surface area contributed by atoms with E-state index in [1.54, 1.807) is 4.90 Å². The van der Waals surface area contributed by atoms with Crippen LogP contribution in [0.25, 0.3) is 0 Å². The Morgan fingerprint density at radius 1 is 1.25 bits per heavy atom. The van der Waals surface area contributed by atoms with Crippen LogP contribution in [0.5, 0.6) is 0 Å². The van der Waals surface area contributed by atoms with Crippen LogP contribution in [0.2, 0.25) is 0 Å². The van der Waals surface area contributed by atoms with E-state index in [1.165, 1.54) is 18.4 Å². The molecule has 0 spiro atoms. The Hall–Kier alpha value is -1.84. The van der Waals surface area contributed by atoms with Gasteiger partial charge in [-0.2, -0.15) is 0 Å². The van der Waals surface area contributed by atoms with Gasteiger partial charge in [-0.3, -0.25) is 9.59 Å². The molecule has 1 aliphatic rings. The molecule has 1 N–H and O–H groups in total. The maximum atomic E-state index is 12.7. The molecule has 24 heavy (non-hydrogen) atoms. The van der Waals surface area contributed by atoms with Crippen molar-refractivity contribution < 1.29 is 9.59 Å². The second-order valence-corrected chi connectivity index (χ2v) is 6.78. The monoisotopic (exact) mass is 330 g/mol. The highest BCUT2D eigenvalue weighted by Gasteiger charge is 2.29. The molecule has 2 rings (SSSR count). The molecule has 0 radical (unpaired) electrons. The van der Waals surface area contributed by atoms with Crippen molar-refractivity contribution in [2.75, 3.05) is 0 Å². The van der Waals surface area contributed by atoms with Crippen molar-refractivity contribution in [3.05, 3.63) is 35.4 Å². The number of carbonyl (C=O) groups excluding carboxylic acids is 2. The van der Waals surface area contributed by atoms with Gasteiger partial charge in [-0.05, 0) is 31.7 Å². The SMILES string of the molecule is CCC(=O)N(Cc1cccc(C)c1)[C@H](CC)C(=O)NC1CCCC1. The second kappa shape index (κ2) is 8.86. The molecule has 1 aromatic rings. The third-order valence-electron chi connectivity index (χ3n) is 4.83. The first-order valence-electron chi connectivity index (χ1n) is 9.20. The van der Waals surface area contributed by atoms with Crippen LogP contribution in [0.15, 0.2) is 24.3 Å². The van der Waals surface area contributed by atoms with Crippen LogP contribution in [0.3, 0.4) is 0 Å². The molecular formula is C20H30N2O2. The van der Waals surface area contributed by atoms with Crippen LogP contribution in [0, 0.1) is 6.92 Å². The first-order chi connectivity index (χ1) is 11.5. The maximum absolute atomic E-state index is 12.7. The fourth-order valence-corrected chi connectivity index (χ4v) is 3.50. The molecule has 0 bridgehead atoms. The van der Waals surface area contributed by atoms with Gasteiger partial charge in [0.2, 0.25) is 11.8 Å². The molecule has 1 fully saturated rings. The minimum absolute atomic E-state index is 0.00106. The lowest BCUT2D eigenvalue weighted by atomic mass is 10.1. The summed E-state index contributed by atoms with van der Waals surface area (Å²) in [5, 5.41) is 3.15. The van der Waals surface area contributed by atoms with Crippen molar-refractivity contribution in [3.63, 3.8) is 0 Å². The van der Waals surface area contributed by atoms with E-state index in [-0.39, 0.29) is 17.9 Å². The summed E-state index contributed by atoms with van der Waals surface area (Å²) in [4.78, 5) is 27.0. The Kier molecular flexibility index (Phi) is 6.83. The number of rotatable bonds is 7. The Labute approximate surface area is 145 Å². The predicted octanol–water partition coefficient (Wildman–Crippen LogP) is 3.57. The normalized spacial score (nSPS) is 16.0. The fraction of sp³-hybridized carbons (Fsp3) is 0.600. The molecule has 1 atom stereocenters. The lowest BCUT2D eigenvalue weighted by Crippen LogP contribution is -2.50. The zero-order valence-electron chi connectivity index (χ0n) is 15.2. The molecule has 0 heterocycles. The Bertz CT molecular complexity index is 565. The molecule has 2 amide bonds. The number of benzene rings is 1. The minimum Gasteiger partial charge on any atom is -0.352 e. The number of hydrogen-bond donors (Lipinski definition) is 1. The van der Waals surface area contributed by atoms with Crippen molar-refractivity contribution in [1.29, 1.82) is 0 Å². The smallest absolute Gasteiger partial charge is 0.243 e. The molecule has 132 valence electrons. The lowest BCUT2D eigenvalue weighted by molar-refractivity contribution is -0.141. The van der Waals surface area contributed by atoms with Crippen LogP contribution in [-0.4, -0.2) is 28.8 Å². The molecular weight excluding hydrogens is 300 g/mol. The summed E-state index contributed by atoms with van der Waals surface area (Å²) in [6.07, 6.45) is 5.53. The van der Waals surface area contributed by atoms with Crippen LogP contribution in [0.4, 0.5) is 0 Å². The van der Waals surface area contributed by atoms with Gasteiger partial charge in [-0.1, -0.05) is 56.5 Å². The molecule has 1 aliphatic carbocycles. The van der Waals surface area contributed by atoms with Gasteiger partial charge in [0.15, 0.2) is 0 Å². The van der Waals surface area contributed by atoms with Crippen molar-refractivity contribution in [1.82, 2.24) is 10.2 Å².